The van der Waals surface area contributed by atoms with Crippen LogP contribution in [0.3, 0.4) is 0 Å². The lowest BCUT2D eigenvalue weighted by atomic mass is 9.94. The number of likely N-dealkylation sites (tertiary alicyclic amines) is 1. The van der Waals surface area contributed by atoms with E-state index in [-0.39, 0.29) is 24.0 Å². The molecule has 31 heavy (non-hydrogen) atoms. The molecule has 2 aliphatic rings. The molecule has 5 nitrogen and oxygen atoms in total. The molecule has 0 spiro atoms. The normalized spacial score (nSPS) is 19.5. The molecule has 1 saturated carbocycles. The lowest BCUT2D eigenvalue weighted by molar-refractivity contribution is 0.167. The Morgan fingerprint density at radius 2 is 1.71 bits per heavy atom. The number of piperidine rings is 1. The molecule has 2 N–H and O–H groups in total. The number of halogens is 1. The van der Waals surface area contributed by atoms with Crippen LogP contribution in [0.4, 0.5) is 0 Å². The van der Waals surface area contributed by atoms with Gasteiger partial charge in [0.05, 0.1) is 0 Å². The summed E-state index contributed by atoms with van der Waals surface area (Å²) in [7, 11) is 4.17. The number of hydrogen-bond acceptors (Lipinski definition) is 3. The molecule has 0 atom stereocenters. The largest absolute Gasteiger partial charge is 0.354 e. The van der Waals surface area contributed by atoms with Crippen LogP contribution < -0.4 is 10.6 Å². The standard InChI is InChI=1S/C25H43N5.HI/c1-20(2)30-16-14-23(15-17-30)28-25(26-3)27-18-21-10-8-9-11-22(21)19-29(4)24-12-6-5-7-13-24;/h8-11,20,23-24H,5-7,12-19H2,1-4H3,(H2,26,27,28);1H. The van der Waals surface area contributed by atoms with Crippen LogP contribution in [0, 0.1) is 0 Å². The van der Waals surface area contributed by atoms with Crippen LogP contribution in [0.1, 0.15) is 69.9 Å². The molecule has 0 aromatic heterocycles. The van der Waals surface area contributed by atoms with Crippen LogP contribution in [-0.2, 0) is 13.1 Å². The maximum atomic E-state index is 4.49. The molecule has 1 aliphatic heterocycles. The zero-order chi connectivity index (χ0) is 21.3. The highest BCUT2D eigenvalue weighted by molar-refractivity contribution is 14.0. The summed E-state index contributed by atoms with van der Waals surface area (Å²) in [6.07, 6.45) is 9.25. The molecule has 0 unspecified atom stereocenters. The van der Waals surface area contributed by atoms with Gasteiger partial charge in [-0.3, -0.25) is 9.89 Å². The molecule has 0 amide bonds. The van der Waals surface area contributed by atoms with Gasteiger partial charge in [0, 0.05) is 51.4 Å². The summed E-state index contributed by atoms with van der Waals surface area (Å²) in [5.41, 5.74) is 2.80. The second kappa shape index (κ2) is 13.6. The summed E-state index contributed by atoms with van der Waals surface area (Å²) in [5.74, 6) is 0.924. The van der Waals surface area contributed by atoms with Crippen LogP contribution >= 0.6 is 24.0 Å². The second-order valence-electron chi connectivity index (χ2n) is 9.45. The van der Waals surface area contributed by atoms with Gasteiger partial charge < -0.3 is 15.5 Å². The number of guanidine groups is 1. The van der Waals surface area contributed by atoms with Crippen LogP contribution in [0.15, 0.2) is 29.3 Å². The maximum absolute atomic E-state index is 4.49. The first-order valence-corrected chi connectivity index (χ1v) is 12.0. The monoisotopic (exact) mass is 541 g/mol. The number of nitrogens with one attached hydrogen (secondary N) is 2. The van der Waals surface area contributed by atoms with Gasteiger partial charge in [0.1, 0.15) is 0 Å². The smallest absolute Gasteiger partial charge is 0.191 e. The molecule has 2 fully saturated rings. The van der Waals surface area contributed by atoms with E-state index in [2.05, 4.69) is 70.6 Å². The number of hydrogen-bond donors (Lipinski definition) is 2. The Bertz CT molecular complexity index is 664. The minimum atomic E-state index is 0. The molecule has 1 aliphatic carbocycles. The van der Waals surface area contributed by atoms with Crippen molar-refractivity contribution in [2.45, 2.75) is 90.0 Å². The Morgan fingerprint density at radius 1 is 1.06 bits per heavy atom. The molecule has 1 saturated heterocycles. The van der Waals surface area contributed by atoms with E-state index < -0.39 is 0 Å². The van der Waals surface area contributed by atoms with Crippen molar-refractivity contribution in [3.05, 3.63) is 35.4 Å². The Hall–Kier alpha value is -0.860. The third kappa shape index (κ3) is 8.21. The van der Waals surface area contributed by atoms with Crippen LogP contribution in [0.5, 0.6) is 0 Å². The number of nitrogens with zero attached hydrogens (tertiary/aromatic N) is 3. The first-order valence-electron chi connectivity index (χ1n) is 12.0. The van der Waals surface area contributed by atoms with E-state index in [4.69, 9.17) is 0 Å². The third-order valence-electron chi connectivity index (χ3n) is 7.01. The average molecular weight is 542 g/mol. The van der Waals surface area contributed by atoms with E-state index in [9.17, 15) is 0 Å². The fourth-order valence-corrected chi connectivity index (χ4v) is 4.93. The van der Waals surface area contributed by atoms with Crippen molar-refractivity contribution in [1.82, 2.24) is 20.4 Å². The van der Waals surface area contributed by atoms with Gasteiger partial charge >= 0.3 is 0 Å². The van der Waals surface area contributed by atoms with E-state index >= 15 is 0 Å². The first kappa shape index (κ1) is 26.4. The molecule has 1 aromatic rings. The van der Waals surface area contributed by atoms with Gasteiger partial charge in [-0.15, -0.1) is 24.0 Å². The highest BCUT2D eigenvalue weighted by Gasteiger charge is 2.22. The summed E-state index contributed by atoms with van der Waals surface area (Å²) >= 11 is 0. The predicted octanol–water partition coefficient (Wildman–Crippen LogP) is 4.61. The van der Waals surface area contributed by atoms with E-state index in [1.807, 2.05) is 7.05 Å². The molecule has 0 bridgehead atoms. The fourth-order valence-electron chi connectivity index (χ4n) is 4.93. The minimum Gasteiger partial charge on any atom is -0.354 e. The zero-order valence-electron chi connectivity index (χ0n) is 20.1. The van der Waals surface area contributed by atoms with Crippen molar-refractivity contribution in [3.8, 4) is 0 Å². The van der Waals surface area contributed by atoms with Crippen LogP contribution in [-0.4, -0.2) is 61.1 Å². The molecule has 1 heterocycles. The van der Waals surface area contributed by atoms with Crippen molar-refractivity contribution >= 4 is 29.9 Å². The van der Waals surface area contributed by atoms with Crippen molar-refractivity contribution < 1.29 is 0 Å². The van der Waals surface area contributed by atoms with Crippen molar-refractivity contribution in [1.29, 1.82) is 0 Å². The minimum absolute atomic E-state index is 0. The highest BCUT2D eigenvalue weighted by Crippen LogP contribution is 2.23. The number of benzene rings is 1. The summed E-state index contributed by atoms with van der Waals surface area (Å²) in [6, 6.07) is 10.8. The molecular weight excluding hydrogens is 497 g/mol. The first-order chi connectivity index (χ1) is 14.6. The van der Waals surface area contributed by atoms with E-state index in [0.29, 0.717) is 12.1 Å². The fraction of sp³-hybridized carbons (Fsp3) is 0.720. The third-order valence-corrected chi connectivity index (χ3v) is 7.01. The van der Waals surface area contributed by atoms with Crippen LogP contribution in [0.25, 0.3) is 0 Å². The SMILES string of the molecule is CN=C(NCc1ccccc1CN(C)C1CCCCC1)NC1CCN(C(C)C)CC1.I. The van der Waals surface area contributed by atoms with Crippen molar-refractivity contribution in [2.75, 3.05) is 27.2 Å². The van der Waals surface area contributed by atoms with Gasteiger partial charge in [0.15, 0.2) is 5.96 Å². The number of rotatable bonds is 7. The van der Waals surface area contributed by atoms with Gasteiger partial charge in [-0.05, 0) is 57.7 Å². The summed E-state index contributed by atoms with van der Waals surface area (Å²) < 4.78 is 0. The topological polar surface area (TPSA) is 42.9 Å². The summed E-state index contributed by atoms with van der Waals surface area (Å²) in [6.45, 7) is 8.77. The second-order valence-corrected chi connectivity index (χ2v) is 9.45. The Balaban J connectivity index is 0.00000341. The van der Waals surface area contributed by atoms with E-state index in [0.717, 1.165) is 25.1 Å². The molecule has 0 radical (unpaired) electrons. The predicted molar refractivity (Wildman–Crippen MR) is 143 cm³/mol. The lowest BCUT2D eigenvalue weighted by Crippen LogP contribution is -2.49. The summed E-state index contributed by atoms with van der Waals surface area (Å²) in [4.78, 5) is 9.61. The molecule has 3 rings (SSSR count). The zero-order valence-corrected chi connectivity index (χ0v) is 22.4. The highest BCUT2D eigenvalue weighted by atomic mass is 127. The van der Waals surface area contributed by atoms with Gasteiger partial charge in [0.25, 0.3) is 0 Å². The Kier molecular flexibility index (Phi) is 11.6. The van der Waals surface area contributed by atoms with E-state index in [1.54, 1.807) is 0 Å². The maximum Gasteiger partial charge on any atom is 0.191 e. The Labute approximate surface area is 207 Å². The van der Waals surface area contributed by atoms with Crippen molar-refractivity contribution in [2.24, 2.45) is 4.99 Å². The molecular formula is C25H44IN5. The van der Waals surface area contributed by atoms with Gasteiger partial charge in [-0.25, -0.2) is 0 Å². The lowest BCUT2D eigenvalue weighted by Gasteiger charge is -2.35. The summed E-state index contributed by atoms with van der Waals surface area (Å²) in [5, 5.41) is 7.22. The van der Waals surface area contributed by atoms with Crippen LogP contribution in [0.2, 0.25) is 0 Å². The molecule has 1 aromatic carbocycles. The van der Waals surface area contributed by atoms with Gasteiger partial charge in [-0.2, -0.15) is 0 Å². The van der Waals surface area contributed by atoms with E-state index in [1.165, 1.54) is 69.2 Å². The Morgan fingerprint density at radius 3 is 2.32 bits per heavy atom. The molecule has 176 valence electrons. The van der Waals surface area contributed by atoms with Gasteiger partial charge in [-0.1, -0.05) is 43.5 Å². The van der Waals surface area contributed by atoms with Crippen molar-refractivity contribution in [3.63, 3.8) is 0 Å². The average Bonchev–Trinajstić information content (AvgIpc) is 2.78. The number of aliphatic imine (C=N–C) groups is 1. The molecule has 6 heteroatoms. The van der Waals surface area contributed by atoms with Gasteiger partial charge in [0.2, 0.25) is 0 Å². The quantitative estimate of drug-likeness (QED) is 0.301.